The van der Waals surface area contributed by atoms with Gasteiger partial charge in [-0.25, -0.2) is 14.4 Å². The largest absolute Gasteiger partial charge is 0.507 e. The summed E-state index contributed by atoms with van der Waals surface area (Å²) in [7, 11) is 0. The van der Waals surface area contributed by atoms with Crippen molar-refractivity contribution < 1.29 is 109 Å². The molecule has 3 saturated heterocycles. The van der Waals surface area contributed by atoms with Gasteiger partial charge in [0.1, 0.15) is 88.9 Å². The van der Waals surface area contributed by atoms with E-state index in [1.807, 2.05) is 0 Å². The summed E-state index contributed by atoms with van der Waals surface area (Å²) in [4.78, 5) is 48.1. The van der Waals surface area contributed by atoms with Gasteiger partial charge < -0.3 is 94.1 Å². The number of aliphatic hydroxyl groups is 8. The number of benzene rings is 2. The highest BCUT2D eigenvalue weighted by Gasteiger charge is 2.54. The van der Waals surface area contributed by atoms with Crippen LogP contribution in [0.1, 0.15) is 0 Å². The van der Waals surface area contributed by atoms with E-state index in [0.717, 1.165) is 18.2 Å². The lowest BCUT2D eigenvalue weighted by molar-refractivity contribution is -0.343. The van der Waals surface area contributed by atoms with Gasteiger partial charge in [0.25, 0.3) is 0 Å². The van der Waals surface area contributed by atoms with E-state index >= 15 is 0 Å². The molecule has 304 valence electrons. The van der Waals surface area contributed by atoms with Gasteiger partial charge in [0.05, 0.1) is 0 Å². The molecule has 23 heteroatoms. The van der Waals surface area contributed by atoms with Gasteiger partial charge in [-0.05, 0) is 24.3 Å². The lowest BCUT2D eigenvalue weighted by Crippen LogP contribution is -2.66. The summed E-state index contributed by atoms with van der Waals surface area (Å²) < 4.78 is 37.5. The van der Waals surface area contributed by atoms with Crippen LogP contribution < -0.4 is 14.9 Å². The van der Waals surface area contributed by atoms with Crippen LogP contribution in [0.3, 0.4) is 0 Å². The molecule has 0 unspecified atom stereocenters. The Kier molecular flexibility index (Phi) is 11.5. The van der Waals surface area contributed by atoms with E-state index in [0.29, 0.717) is 0 Å². The van der Waals surface area contributed by atoms with Gasteiger partial charge in [-0.1, -0.05) is 0 Å². The minimum absolute atomic E-state index is 0.00850. The molecule has 3 aliphatic rings. The Morgan fingerprint density at radius 2 is 1.04 bits per heavy atom. The molecular formula is C33H34O23. The monoisotopic (exact) mass is 798 g/mol. The van der Waals surface area contributed by atoms with Crippen LogP contribution in [0.4, 0.5) is 0 Å². The molecule has 6 rings (SSSR count). The number of aliphatic hydroxyl groups excluding tert-OH is 8. The molecule has 0 spiro atoms. The molecule has 0 aliphatic carbocycles. The van der Waals surface area contributed by atoms with Gasteiger partial charge in [-0.2, -0.15) is 0 Å². The number of ether oxygens (including phenoxy) is 6. The molecule has 0 bridgehead atoms. The van der Waals surface area contributed by atoms with Crippen molar-refractivity contribution in [2.45, 2.75) is 92.1 Å². The molecule has 12 N–H and O–H groups in total. The molecule has 2 aromatic carbocycles. The minimum Gasteiger partial charge on any atom is -0.507 e. The summed E-state index contributed by atoms with van der Waals surface area (Å²) in [5.41, 5.74) is -0.811. The van der Waals surface area contributed by atoms with Crippen molar-refractivity contribution in [1.82, 2.24) is 0 Å². The molecule has 23 nitrogen and oxygen atoms in total. The number of carboxylic acid groups (broad SMARTS) is 3. The molecular weight excluding hydrogens is 764 g/mol. The van der Waals surface area contributed by atoms with Crippen molar-refractivity contribution in [2.24, 2.45) is 0 Å². The molecule has 15 atom stereocenters. The second-order valence-electron chi connectivity index (χ2n) is 12.9. The predicted octanol–water partition coefficient (Wildman–Crippen LogP) is -4.38. The lowest BCUT2D eigenvalue weighted by Gasteiger charge is -2.44. The second kappa shape index (κ2) is 15.8. The normalized spacial score (nSPS) is 36.1. The van der Waals surface area contributed by atoms with Gasteiger partial charge >= 0.3 is 17.9 Å². The van der Waals surface area contributed by atoms with Crippen LogP contribution in [0.15, 0.2) is 51.7 Å². The number of rotatable bonds is 10. The first kappa shape index (κ1) is 40.6. The molecule has 0 radical (unpaired) electrons. The fourth-order valence-electron chi connectivity index (χ4n) is 6.17. The van der Waals surface area contributed by atoms with Crippen LogP contribution in [0, 0.1) is 0 Å². The van der Waals surface area contributed by atoms with Crippen LogP contribution in [-0.4, -0.2) is 171 Å². The zero-order chi connectivity index (χ0) is 40.9. The number of carbonyl (C=O) groups is 3. The van der Waals surface area contributed by atoms with Crippen LogP contribution in [0.2, 0.25) is 0 Å². The van der Waals surface area contributed by atoms with Crippen molar-refractivity contribution in [1.29, 1.82) is 0 Å². The van der Waals surface area contributed by atoms with Gasteiger partial charge in [0, 0.05) is 23.8 Å². The Morgan fingerprint density at radius 3 is 1.59 bits per heavy atom. The molecule has 56 heavy (non-hydrogen) atoms. The Bertz CT molecular complexity index is 2000. The quantitative estimate of drug-likeness (QED) is 0.0921. The van der Waals surface area contributed by atoms with Crippen molar-refractivity contribution in [2.75, 3.05) is 0 Å². The number of phenolic OH excluding ortho intramolecular Hbond substituents is 1. The molecule has 3 aromatic rings. The number of carboxylic acids is 3. The molecule has 4 heterocycles. The maximum atomic E-state index is 13.0. The van der Waals surface area contributed by atoms with E-state index in [1.165, 1.54) is 24.3 Å². The van der Waals surface area contributed by atoms with E-state index in [9.17, 15) is 80.5 Å². The SMILES string of the molecule is O=C(O)[C@H]1O[C@@H](Oc2ccc(-c3cc(=O)c4c(O)cc(O[C@H]5O[C@@H](C(=O)O)[C@H](O[C@H]6O[C@H](C(=O)O)[C@H](O)[C@@H](O)[C@@H]6O)[C@@H](O)[C@@H]5O)cc4o3)cc2)[C@@H](O)[C@H](O)[C@H]1O. The summed E-state index contributed by atoms with van der Waals surface area (Å²) in [6.07, 6.45) is -30.7. The molecule has 0 amide bonds. The second-order valence-corrected chi connectivity index (χ2v) is 12.9. The van der Waals surface area contributed by atoms with Crippen LogP contribution in [0.5, 0.6) is 17.2 Å². The zero-order valence-electron chi connectivity index (χ0n) is 28.1. The summed E-state index contributed by atoms with van der Waals surface area (Å²) >= 11 is 0. The van der Waals surface area contributed by atoms with Crippen LogP contribution in [0.25, 0.3) is 22.3 Å². The first-order chi connectivity index (χ1) is 26.4. The number of phenols is 1. The fraction of sp³-hybridized carbons (Fsp3) is 0.455. The van der Waals surface area contributed by atoms with Crippen molar-refractivity contribution in [3.63, 3.8) is 0 Å². The highest BCUT2D eigenvalue weighted by molar-refractivity contribution is 5.86. The first-order valence-electron chi connectivity index (χ1n) is 16.4. The highest BCUT2D eigenvalue weighted by atomic mass is 16.7. The predicted molar refractivity (Wildman–Crippen MR) is 173 cm³/mol. The zero-order valence-corrected chi connectivity index (χ0v) is 28.1. The van der Waals surface area contributed by atoms with Crippen molar-refractivity contribution in [3.05, 3.63) is 52.7 Å². The Balaban J connectivity index is 1.20. The number of hydrogen-bond acceptors (Lipinski definition) is 20. The average Bonchev–Trinajstić information content (AvgIpc) is 3.14. The number of aromatic hydroxyl groups is 1. The Labute approximate surface area is 310 Å². The minimum atomic E-state index is -2.22. The van der Waals surface area contributed by atoms with E-state index in [2.05, 4.69) is 0 Å². The molecule has 3 aliphatic heterocycles. The maximum Gasteiger partial charge on any atom is 0.335 e. The maximum absolute atomic E-state index is 13.0. The summed E-state index contributed by atoms with van der Waals surface area (Å²) in [6.45, 7) is 0. The third kappa shape index (κ3) is 7.70. The smallest absolute Gasteiger partial charge is 0.335 e. The molecule has 3 fully saturated rings. The number of hydrogen-bond donors (Lipinski definition) is 12. The number of fused-ring (bicyclic) bond motifs is 1. The van der Waals surface area contributed by atoms with Gasteiger partial charge in [-0.3, -0.25) is 4.79 Å². The topological polar surface area (TPSA) is 380 Å². The van der Waals surface area contributed by atoms with Crippen molar-refractivity contribution in [3.8, 4) is 28.6 Å². The first-order valence-corrected chi connectivity index (χ1v) is 16.4. The number of aliphatic carboxylic acids is 3. The standard InChI is InChI=1S/C33H34O23/c34-11-5-10(51-32-23(43)20(40)24(27(56-32)30(48)49)53-33-22(42)17(37)19(39)26(55-33)29(46)47)6-14-15(11)12(35)7-13(52-14)8-1-3-9(4-2-8)50-31-21(41)16(36)18(38)25(54-31)28(44)45/h1-7,16-27,31-34,36-43H,(H,44,45)(H,46,47)(H,48,49)/t16-,17-,18-,19-,20+,21+,22+,23+,24-,25+,26+,27-,31-,32+,33+/m1/s1. The molecule has 1 aromatic heterocycles. The van der Waals surface area contributed by atoms with Gasteiger partial charge in [-0.15, -0.1) is 0 Å². The van der Waals surface area contributed by atoms with E-state index < -0.39 is 121 Å². The Hall–Kier alpha value is -5.02. The van der Waals surface area contributed by atoms with E-state index in [-0.39, 0.29) is 33.8 Å². The van der Waals surface area contributed by atoms with Gasteiger partial charge in [0.15, 0.2) is 30.0 Å². The third-order valence-corrected chi connectivity index (χ3v) is 9.13. The third-order valence-electron chi connectivity index (χ3n) is 9.13. The summed E-state index contributed by atoms with van der Waals surface area (Å²) in [5, 5.41) is 121. The van der Waals surface area contributed by atoms with E-state index in [1.54, 1.807) is 0 Å². The lowest BCUT2D eigenvalue weighted by atomic mass is 9.96. The fourth-order valence-corrected chi connectivity index (χ4v) is 6.17. The molecule has 0 saturated carbocycles. The van der Waals surface area contributed by atoms with Gasteiger partial charge in [0.2, 0.25) is 12.6 Å². The average molecular weight is 799 g/mol. The van der Waals surface area contributed by atoms with Crippen LogP contribution in [-0.2, 0) is 33.3 Å². The van der Waals surface area contributed by atoms with E-state index in [4.69, 9.17) is 32.8 Å². The summed E-state index contributed by atoms with van der Waals surface area (Å²) in [5.74, 6) is -6.38. The van der Waals surface area contributed by atoms with Crippen LogP contribution >= 0.6 is 0 Å². The summed E-state index contributed by atoms with van der Waals surface area (Å²) in [6, 6.07) is 8.33. The Morgan fingerprint density at radius 1 is 0.554 bits per heavy atom. The highest BCUT2D eigenvalue weighted by Crippen LogP contribution is 2.35. The van der Waals surface area contributed by atoms with Crippen molar-refractivity contribution >= 4 is 28.9 Å².